The third kappa shape index (κ3) is 3.16. The molecular weight excluding hydrogens is 331 g/mol. The van der Waals surface area contributed by atoms with Gasteiger partial charge < -0.3 is 10.1 Å². The van der Waals surface area contributed by atoms with Crippen molar-refractivity contribution in [2.24, 2.45) is 4.99 Å². The lowest BCUT2D eigenvalue weighted by Crippen LogP contribution is -2.28. The largest absolute Gasteiger partial charge is 0.466 e. The van der Waals surface area contributed by atoms with E-state index in [-0.39, 0.29) is 5.02 Å². The number of amidine groups is 1. The highest BCUT2D eigenvalue weighted by Crippen LogP contribution is 2.34. The molecule has 0 spiro atoms. The van der Waals surface area contributed by atoms with Crippen molar-refractivity contribution >= 4 is 23.4 Å². The Morgan fingerprint density at radius 2 is 2.00 bits per heavy atom. The zero-order valence-electron chi connectivity index (χ0n) is 12.8. The summed E-state index contributed by atoms with van der Waals surface area (Å²) in [5.41, 5.74) is 1.69. The second-order valence-corrected chi connectivity index (χ2v) is 5.55. The van der Waals surface area contributed by atoms with Gasteiger partial charge in [-0.1, -0.05) is 48.0 Å². The maximum atomic E-state index is 13.3. The van der Waals surface area contributed by atoms with E-state index in [1.165, 1.54) is 25.3 Å². The van der Waals surface area contributed by atoms with Crippen LogP contribution in [0.3, 0.4) is 0 Å². The Labute approximate surface area is 143 Å². The molecule has 1 atom stereocenters. The van der Waals surface area contributed by atoms with Crippen LogP contribution in [0.5, 0.6) is 0 Å². The Morgan fingerprint density at radius 3 is 2.67 bits per heavy atom. The highest BCUT2D eigenvalue weighted by Gasteiger charge is 2.28. The predicted octanol–water partition coefficient (Wildman–Crippen LogP) is 3.63. The van der Waals surface area contributed by atoms with Crippen LogP contribution in [-0.2, 0) is 9.53 Å². The van der Waals surface area contributed by atoms with E-state index >= 15 is 0 Å². The molecule has 122 valence electrons. The highest BCUT2D eigenvalue weighted by molar-refractivity contribution is 6.31. The summed E-state index contributed by atoms with van der Waals surface area (Å²) in [6, 6.07) is 12.8. The Kier molecular flexibility index (Phi) is 4.62. The van der Waals surface area contributed by atoms with Gasteiger partial charge in [-0.25, -0.2) is 9.18 Å². The lowest BCUT2D eigenvalue weighted by atomic mass is 9.98. The van der Waals surface area contributed by atoms with Crippen molar-refractivity contribution in [1.82, 2.24) is 5.32 Å². The van der Waals surface area contributed by atoms with Gasteiger partial charge in [0.25, 0.3) is 0 Å². The number of hydrogen-bond acceptors (Lipinski definition) is 4. The number of esters is 1. The second-order valence-electron chi connectivity index (χ2n) is 5.15. The molecule has 24 heavy (non-hydrogen) atoms. The quantitative estimate of drug-likeness (QED) is 0.865. The first kappa shape index (κ1) is 16.2. The van der Waals surface area contributed by atoms with Crippen LogP contribution < -0.4 is 5.32 Å². The van der Waals surface area contributed by atoms with Crippen molar-refractivity contribution in [1.29, 1.82) is 0 Å². The summed E-state index contributed by atoms with van der Waals surface area (Å²) < 4.78 is 18.2. The zero-order valence-corrected chi connectivity index (χ0v) is 13.5. The lowest BCUT2D eigenvalue weighted by Gasteiger charge is -2.23. The maximum Gasteiger partial charge on any atom is 0.337 e. The van der Waals surface area contributed by atoms with Crippen LogP contribution >= 0.6 is 11.6 Å². The Bertz CT molecular complexity index is 834. The van der Waals surface area contributed by atoms with Gasteiger partial charge in [-0.15, -0.1) is 0 Å². The molecule has 0 fully saturated rings. The first-order valence-corrected chi connectivity index (χ1v) is 7.61. The monoisotopic (exact) mass is 344 g/mol. The van der Waals surface area contributed by atoms with Crippen LogP contribution in [0.1, 0.15) is 17.2 Å². The summed E-state index contributed by atoms with van der Waals surface area (Å²) in [4.78, 5) is 16.6. The van der Waals surface area contributed by atoms with E-state index in [1.54, 1.807) is 6.20 Å². The maximum absolute atomic E-state index is 13.3. The molecule has 2 aromatic carbocycles. The predicted molar refractivity (Wildman–Crippen MR) is 90.4 cm³/mol. The summed E-state index contributed by atoms with van der Waals surface area (Å²) in [5, 5.41) is 3.20. The molecule has 1 heterocycles. The van der Waals surface area contributed by atoms with Gasteiger partial charge in [0.15, 0.2) is 0 Å². The van der Waals surface area contributed by atoms with Gasteiger partial charge in [-0.3, -0.25) is 4.99 Å². The van der Waals surface area contributed by atoms with Crippen molar-refractivity contribution in [3.8, 4) is 0 Å². The number of aliphatic imine (C=N–C) groups is 1. The Hall–Kier alpha value is -2.66. The van der Waals surface area contributed by atoms with Crippen LogP contribution in [-0.4, -0.2) is 18.9 Å². The lowest BCUT2D eigenvalue weighted by molar-refractivity contribution is -0.136. The highest BCUT2D eigenvalue weighted by atomic mass is 35.5. The number of rotatable bonds is 3. The van der Waals surface area contributed by atoms with Gasteiger partial charge in [0.05, 0.1) is 12.7 Å². The molecule has 1 unspecified atom stereocenters. The van der Waals surface area contributed by atoms with Crippen molar-refractivity contribution in [3.05, 3.63) is 82.3 Å². The van der Waals surface area contributed by atoms with Crippen molar-refractivity contribution in [2.75, 3.05) is 7.11 Å². The minimum absolute atomic E-state index is 0.202. The van der Waals surface area contributed by atoms with Crippen molar-refractivity contribution < 1.29 is 13.9 Å². The number of hydrogen-bond donors (Lipinski definition) is 1. The smallest absolute Gasteiger partial charge is 0.337 e. The summed E-state index contributed by atoms with van der Waals surface area (Å²) >= 11 is 6.16. The fraction of sp³-hybridized carbons (Fsp3) is 0.111. The summed E-state index contributed by atoms with van der Waals surface area (Å²) in [7, 11) is 1.29. The number of nitrogens with one attached hydrogen (secondary N) is 1. The third-order valence-electron chi connectivity index (χ3n) is 3.64. The number of carbonyl (C=O) groups excluding carboxylic acids is 1. The molecule has 1 aliphatic rings. The molecule has 0 radical (unpaired) electrons. The minimum Gasteiger partial charge on any atom is -0.466 e. The van der Waals surface area contributed by atoms with E-state index < -0.39 is 17.8 Å². The van der Waals surface area contributed by atoms with Crippen LogP contribution in [0.15, 0.2) is 65.3 Å². The molecule has 2 aromatic rings. The van der Waals surface area contributed by atoms with Gasteiger partial charge in [-0.05, 0) is 12.1 Å². The van der Waals surface area contributed by atoms with Crippen LogP contribution in [0.25, 0.3) is 0 Å². The number of ether oxygens (including phenoxy) is 1. The minimum atomic E-state index is -0.679. The molecule has 1 N–H and O–H groups in total. The third-order valence-corrected chi connectivity index (χ3v) is 3.97. The Morgan fingerprint density at radius 1 is 1.25 bits per heavy atom. The van der Waals surface area contributed by atoms with E-state index in [0.29, 0.717) is 17.0 Å². The SMILES string of the molecule is COC(=O)C1=CNC(c2ccccc2)=NC1c1ccc(F)cc1Cl. The van der Waals surface area contributed by atoms with Gasteiger partial charge in [-0.2, -0.15) is 0 Å². The van der Waals surface area contributed by atoms with E-state index in [4.69, 9.17) is 16.3 Å². The average Bonchev–Trinajstić information content (AvgIpc) is 2.61. The fourth-order valence-electron chi connectivity index (χ4n) is 2.46. The van der Waals surface area contributed by atoms with Gasteiger partial charge >= 0.3 is 5.97 Å². The van der Waals surface area contributed by atoms with Crippen LogP contribution in [0.4, 0.5) is 4.39 Å². The molecule has 0 saturated heterocycles. The molecule has 0 aliphatic carbocycles. The van der Waals surface area contributed by atoms with E-state index in [9.17, 15) is 9.18 Å². The van der Waals surface area contributed by atoms with Crippen LogP contribution in [0.2, 0.25) is 5.02 Å². The second kappa shape index (κ2) is 6.84. The molecule has 0 amide bonds. The van der Waals surface area contributed by atoms with E-state index in [0.717, 1.165) is 5.56 Å². The average molecular weight is 345 g/mol. The summed E-state index contributed by atoms with van der Waals surface area (Å²) in [6.07, 6.45) is 1.55. The fourth-order valence-corrected chi connectivity index (χ4v) is 2.73. The number of halogens is 2. The number of benzene rings is 2. The summed E-state index contributed by atoms with van der Waals surface area (Å²) in [5.74, 6) is -0.383. The molecule has 6 heteroatoms. The number of carbonyl (C=O) groups is 1. The standard InChI is InChI=1S/C18H14ClFN2O2/c1-24-18(23)14-10-21-17(11-5-3-2-4-6-11)22-16(14)13-8-7-12(20)9-15(13)19/h2-10,16H,1H3,(H,21,22). The molecule has 1 aliphatic heterocycles. The zero-order chi connectivity index (χ0) is 17.1. The normalized spacial score (nSPS) is 16.7. The molecular formula is C18H14ClFN2O2. The first-order valence-electron chi connectivity index (χ1n) is 7.23. The van der Waals surface area contributed by atoms with Crippen LogP contribution in [0, 0.1) is 5.82 Å². The molecule has 0 aromatic heterocycles. The Balaban J connectivity index is 2.07. The molecule has 3 rings (SSSR count). The number of nitrogens with zero attached hydrogens (tertiary/aromatic N) is 1. The van der Waals surface area contributed by atoms with Gasteiger partial charge in [0, 0.05) is 22.3 Å². The van der Waals surface area contributed by atoms with Crippen molar-refractivity contribution in [2.45, 2.75) is 6.04 Å². The topological polar surface area (TPSA) is 50.7 Å². The molecule has 0 saturated carbocycles. The van der Waals surface area contributed by atoms with E-state index in [1.807, 2.05) is 30.3 Å². The van der Waals surface area contributed by atoms with Gasteiger partial charge in [0.1, 0.15) is 17.7 Å². The van der Waals surface area contributed by atoms with Gasteiger partial charge in [0.2, 0.25) is 0 Å². The molecule has 4 nitrogen and oxygen atoms in total. The van der Waals surface area contributed by atoms with E-state index in [2.05, 4.69) is 10.3 Å². The first-order chi connectivity index (χ1) is 11.6. The molecule has 0 bridgehead atoms. The number of methoxy groups -OCH3 is 1. The summed E-state index contributed by atoms with van der Waals surface area (Å²) in [6.45, 7) is 0. The van der Waals surface area contributed by atoms with Crippen molar-refractivity contribution in [3.63, 3.8) is 0 Å².